The molecule has 4 heterocycles. The lowest BCUT2D eigenvalue weighted by atomic mass is 9.90. The number of aromatic nitrogens is 3. The molecule has 0 saturated carbocycles. The first-order valence-corrected chi connectivity index (χ1v) is 14.4. The van der Waals surface area contributed by atoms with Gasteiger partial charge in [0.15, 0.2) is 0 Å². The topological polar surface area (TPSA) is 98.9 Å². The van der Waals surface area contributed by atoms with Gasteiger partial charge in [-0.05, 0) is 68.6 Å². The molecule has 2 aliphatic heterocycles. The van der Waals surface area contributed by atoms with Crippen LogP contribution in [0, 0.1) is 5.82 Å². The first-order valence-electron chi connectivity index (χ1n) is 14.1. The zero-order valence-electron chi connectivity index (χ0n) is 23.3. The van der Waals surface area contributed by atoms with E-state index in [1.165, 1.54) is 19.2 Å². The molecule has 0 spiro atoms. The molecule has 0 bridgehead atoms. The van der Waals surface area contributed by atoms with E-state index in [2.05, 4.69) is 14.5 Å². The van der Waals surface area contributed by atoms with Gasteiger partial charge in [-0.2, -0.15) is 0 Å². The lowest BCUT2D eigenvalue weighted by Gasteiger charge is -2.33. The smallest absolute Gasteiger partial charge is 0.335 e. The number of carboxylic acids is 1. The molecule has 2 saturated heterocycles. The summed E-state index contributed by atoms with van der Waals surface area (Å²) < 4.78 is 33.6. The maximum absolute atomic E-state index is 14.3. The van der Waals surface area contributed by atoms with Crippen LogP contribution in [0.2, 0.25) is 5.02 Å². The van der Waals surface area contributed by atoms with Gasteiger partial charge >= 0.3 is 5.97 Å². The molecule has 0 radical (unpaired) electrons. The SMILES string of the molecule is COc1cc(C(=O)O)cc2c1nc(CN1CCC(c3cccnc3OCc3ccc(Cl)cc3F)CC1)n2C[C@@H]1CCO1. The molecular formula is C31H32ClFN4O5. The number of imidazole rings is 1. The number of halogens is 2. The quantitative estimate of drug-likeness (QED) is 0.250. The third-order valence-electron chi connectivity index (χ3n) is 8.12. The fourth-order valence-corrected chi connectivity index (χ4v) is 5.86. The number of carbonyl (C=O) groups is 1. The van der Waals surface area contributed by atoms with Gasteiger partial charge in [0.2, 0.25) is 5.88 Å². The minimum absolute atomic E-state index is 0.0693. The normalized spacial score (nSPS) is 17.7. The molecule has 2 fully saturated rings. The van der Waals surface area contributed by atoms with Gasteiger partial charge in [0.25, 0.3) is 0 Å². The molecule has 11 heteroatoms. The van der Waals surface area contributed by atoms with E-state index in [4.69, 9.17) is 30.8 Å². The number of nitrogens with zero attached hydrogens (tertiary/aromatic N) is 4. The number of aromatic carboxylic acids is 1. The van der Waals surface area contributed by atoms with Crippen LogP contribution in [0.5, 0.6) is 11.6 Å². The maximum Gasteiger partial charge on any atom is 0.335 e. The summed E-state index contributed by atoms with van der Waals surface area (Å²) in [6.45, 7) is 3.71. The molecule has 2 aliphatic rings. The second-order valence-corrected chi connectivity index (χ2v) is 11.2. The van der Waals surface area contributed by atoms with Crippen LogP contribution < -0.4 is 9.47 Å². The number of hydrogen-bond donors (Lipinski definition) is 1. The summed E-state index contributed by atoms with van der Waals surface area (Å²) in [4.78, 5) is 23.5. The van der Waals surface area contributed by atoms with Crippen LogP contribution in [0.3, 0.4) is 0 Å². The van der Waals surface area contributed by atoms with Crippen LogP contribution in [0.4, 0.5) is 4.39 Å². The van der Waals surface area contributed by atoms with Crippen molar-refractivity contribution in [1.82, 2.24) is 19.4 Å². The number of piperidine rings is 1. The predicted octanol–water partition coefficient (Wildman–Crippen LogP) is 5.68. The van der Waals surface area contributed by atoms with Gasteiger partial charge in [0.1, 0.15) is 29.5 Å². The molecule has 0 amide bonds. The molecule has 9 nitrogen and oxygen atoms in total. The Bertz CT molecular complexity index is 1600. The highest BCUT2D eigenvalue weighted by Gasteiger charge is 2.28. The van der Waals surface area contributed by atoms with Gasteiger partial charge in [0, 0.05) is 29.0 Å². The second-order valence-electron chi connectivity index (χ2n) is 10.7. The third-order valence-corrected chi connectivity index (χ3v) is 8.35. The molecule has 2 aromatic heterocycles. The van der Waals surface area contributed by atoms with Crippen LogP contribution >= 0.6 is 11.6 Å². The Hall–Kier alpha value is -3.73. The van der Waals surface area contributed by atoms with Crippen molar-refractivity contribution in [2.24, 2.45) is 0 Å². The molecule has 6 rings (SSSR count). The fraction of sp³-hybridized carbons (Fsp3) is 0.387. The Balaban J connectivity index is 1.17. The monoisotopic (exact) mass is 594 g/mol. The highest BCUT2D eigenvalue weighted by atomic mass is 35.5. The van der Waals surface area contributed by atoms with Crippen molar-refractivity contribution in [3.63, 3.8) is 0 Å². The van der Waals surface area contributed by atoms with Crippen LogP contribution in [-0.4, -0.2) is 63.4 Å². The predicted molar refractivity (Wildman–Crippen MR) is 155 cm³/mol. The number of carboxylic acid groups (broad SMARTS) is 1. The van der Waals surface area contributed by atoms with Crippen molar-refractivity contribution in [2.75, 3.05) is 26.8 Å². The van der Waals surface area contributed by atoms with E-state index in [9.17, 15) is 14.3 Å². The Labute approximate surface area is 247 Å². The first-order chi connectivity index (χ1) is 20.4. The van der Waals surface area contributed by atoms with E-state index < -0.39 is 11.8 Å². The summed E-state index contributed by atoms with van der Waals surface area (Å²) in [5, 5.41) is 10.0. The maximum atomic E-state index is 14.3. The van der Waals surface area contributed by atoms with Gasteiger partial charge < -0.3 is 23.9 Å². The molecule has 0 unspecified atom stereocenters. The average molecular weight is 595 g/mol. The summed E-state index contributed by atoms with van der Waals surface area (Å²) >= 11 is 5.88. The molecule has 4 aromatic rings. The Morgan fingerprint density at radius 2 is 2.00 bits per heavy atom. The average Bonchev–Trinajstić information content (AvgIpc) is 3.31. The Kier molecular flexibility index (Phi) is 8.28. The lowest BCUT2D eigenvalue weighted by Crippen LogP contribution is -2.35. The largest absolute Gasteiger partial charge is 0.494 e. The van der Waals surface area contributed by atoms with Crippen molar-refractivity contribution in [2.45, 2.75) is 51.0 Å². The van der Waals surface area contributed by atoms with Crippen LogP contribution in [0.25, 0.3) is 11.0 Å². The van der Waals surface area contributed by atoms with E-state index in [0.29, 0.717) is 40.8 Å². The highest BCUT2D eigenvalue weighted by Crippen LogP contribution is 2.35. The molecule has 220 valence electrons. The molecule has 1 atom stereocenters. The van der Waals surface area contributed by atoms with E-state index >= 15 is 0 Å². The van der Waals surface area contributed by atoms with E-state index in [0.717, 1.165) is 55.9 Å². The zero-order valence-corrected chi connectivity index (χ0v) is 24.0. The summed E-state index contributed by atoms with van der Waals surface area (Å²) in [6, 6.07) is 11.7. The summed E-state index contributed by atoms with van der Waals surface area (Å²) in [7, 11) is 1.53. The van der Waals surface area contributed by atoms with Crippen LogP contribution in [0.1, 0.15) is 52.5 Å². The van der Waals surface area contributed by atoms with Gasteiger partial charge in [-0.1, -0.05) is 23.7 Å². The molecule has 2 aromatic carbocycles. The minimum atomic E-state index is -1.01. The molecule has 42 heavy (non-hydrogen) atoms. The number of hydrogen-bond acceptors (Lipinski definition) is 7. The van der Waals surface area contributed by atoms with Gasteiger partial charge in [-0.15, -0.1) is 0 Å². The minimum Gasteiger partial charge on any atom is -0.494 e. The van der Waals surface area contributed by atoms with Crippen molar-refractivity contribution in [3.05, 3.63) is 82.0 Å². The summed E-state index contributed by atoms with van der Waals surface area (Å²) in [5.74, 6) is 0.661. The summed E-state index contributed by atoms with van der Waals surface area (Å²) in [5.41, 5.74) is 3.00. The van der Waals surface area contributed by atoms with Crippen LogP contribution in [-0.2, 0) is 24.4 Å². The number of methoxy groups -OCH3 is 1. The van der Waals surface area contributed by atoms with Crippen LogP contribution in [0.15, 0.2) is 48.7 Å². The van der Waals surface area contributed by atoms with Crippen molar-refractivity contribution in [3.8, 4) is 11.6 Å². The standard InChI is InChI=1S/C31H32ClFN4O5/c1-40-27-14-21(31(38)39)13-26-29(27)35-28(37(26)16-23-8-12-41-23)17-36-10-6-19(7-11-36)24-3-2-9-34-30(24)42-18-20-4-5-22(32)15-25(20)33/h2-5,9,13-15,19,23H,6-8,10-12,16-18H2,1H3,(H,38,39)/t23-/m0/s1. The lowest BCUT2D eigenvalue weighted by molar-refractivity contribution is -0.0592. The van der Waals surface area contributed by atoms with E-state index in [-0.39, 0.29) is 24.2 Å². The second kappa shape index (κ2) is 12.2. The van der Waals surface area contributed by atoms with Crippen molar-refractivity contribution in [1.29, 1.82) is 0 Å². The van der Waals surface area contributed by atoms with Gasteiger partial charge in [-0.25, -0.2) is 19.2 Å². The first kappa shape index (κ1) is 28.4. The number of ether oxygens (including phenoxy) is 3. The van der Waals surface area contributed by atoms with Crippen molar-refractivity contribution >= 4 is 28.6 Å². The number of rotatable bonds is 10. The molecule has 0 aliphatic carbocycles. The fourth-order valence-electron chi connectivity index (χ4n) is 5.70. The van der Waals surface area contributed by atoms with Gasteiger partial charge in [0.05, 0.1) is 37.4 Å². The Morgan fingerprint density at radius 1 is 1.19 bits per heavy atom. The van der Waals surface area contributed by atoms with Crippen molar-refractivity contribution < 1.29 is 28.5 Å². The number of benzene rings is 2. The molecule has 1 N–H and O–H groups in total. The third kappa shape index (κ3) is 5.92. The highest BCUT2D eigenvalue weighted by molar-refractivity contribution is 6.30. The zero-order chi connectivity index (χ0) is 29.2. The number of pyridine rings is 1. The number of fused-ring (bicyclic) bond motifs is 1. The Morgan fingerprint density at radius 3 is 2.69 bits per heavy atom. The van der Waals surface area contributed by atoms with E-state index in [1.54, 1.807) is 24.4 Å². The summed E-state index contributed by atoms with van der Waals surface area (Å²) in [6.07, 6.45) is 4.52. The van der Waals surface area contributed by atoms with E-state index in [1.807, 2.05) is 12.1 Å². The van der Waals surface area contributed by atoms with Gasteiger partial charge in [-0.3, -0.25) is 4.90 Å². The number of likely N-dealkylation sites (tertiary alicyclic amines) is 1. The molecular weight excluding hydrogens is 563 g/mol.